The highest BCUT2D eigenvalue weighted by Crippen LogP contribution is 2.05. The third kappa shape index (κ3) is 2.59. The van der Waals surface area contributed by atoms with Crippen LogP contribution in [-0.4, -0.2) is 36.2 Å². The Kier molecular flexibility index (Phi) is 3.54. The minimum atomic E-state index is -0.499. The van der Waals surface area contributed by atoms with E-state index < -0.39 is 6.10 Å². The van der Waals surface area contributed by atoms with Gasteiger partial charge in [0.25, 0.3) is 5.91 Å². The summed E-state index contributed by atoms with van der Waals surface area (Å²) in [7, 11) is 0. The van der Waals surface area contributed by atoms with Gasteiger partial charge < -0.3 is 15.7 Å². The molecular formula is C12H16N2O2. The summed E-state index contributed by atoms with van der Waals surface area (Å²) in [5.74, 6) is -0.119. The number of piperidine rings is 1. The quantitative estimate of drug-likeness (QED) is 0.664. The van der Waals surface area contributed by atoms with Crippen LogP contribution in [0.15, 0.2) is 30.3 Å². The fraction of sp³-hybridized carbons (Fsp3) is 0.417. The molecule has 0 saturated carbocycles. The number of benzene rings is 1. The van der Waals surface area contributed by atoms with E-state index in [2.05, 4.69) is 10.6 Å². The molecule has 3 N–H and O–H groups in total. The zero-order chi connectivity index (χ0) is 11.4. The highest BCUT2D eigenvalue weighted by Gasteiger charge is 2.24. The minimum Gasteiger partial charge on any atom is -0.390 e. The third-order valence-electron chi connectivity index (χ3n) is 2.80. The summed E-state index contributed by atoms with van der Waals surface area (Å²) in [4.78, 5) is 11.8. The molecule has 86 valence electrons. The SMILES string of the molecule is O=C(N[C@H]1CCNC[C@@H]1O)c1ccccc1. The standard InChI is InChI=1S/C12H16N2O2/c15-11-8-13-7-6-10(11)14-12(16)9-4-2-1-3-5-9/h1-5,10-11,13,15H,6-8H2,(H,14,16)/t10-,11-/m0/s1. The topological polar surface area (TPSA) is 61.4 Å². The second-order valence-electron chi connectivity index (χ2n) is 4.01. The molecule has 4 nitrogen and oxygen atoms in total. The summed E-state index contributed by atoms with van der Waals surface area (Å²) in [6.45, 7) is 1.37. The van der Waals surface area contributed by atoms with E-state index in [4.69, 9.17) is 0 Å². The smallest absolute Gasteiger partial charge is 0.251 e. The Balaban J connectivity index is 1.96. The van der Waals surface area contributed by atoms with E-state index in [-0.39, 0.29) is 11.9 Å². The van der Waals surface area contributed by atoms with E-state index in [9.17, 15) is 9.90 Å². The van der Waals surface area contributed by atoms with Gasteiger partial charge >= 0.3 is 0 Å². The number of nitrogens with one attached hydrogen (secondary N) is 2. The molecule has 0 unspecified atom stereocenters. The summed E-state index contributed by atoms with van der Waals surface area (Å²) in [5.41, 5.74) is 0.633. The van der Waals surface area contributed by atoms with Crippen molar-refractivity contribution in [1.29, 1.82) is 0 Å². The fourth-order valence-corrected chi connectivity index (χ4v) is 1.85. The summed E-state index contributed by atoms with van der Waals surface area (Å²) in [6.07, 6.45) is 0.265. The number of aliphatic hydroxyl groups excluding tert-OH is 1. The van der Waals surface area contributed by atoms with Gasteiger partial charge in [-0.25, -0.2) is 0 Å². The molecule has 1 saturated heterocycles. The molecule has 2 atom stereocenters. The van der Waals surface area contributed by atoms with Crippen molar-refractivity contribution < 1.29 is 9.90 Å². The van der Waals surface area contributed by atoms with Crippen molar-refractivity contribution in [3.8, 4) is 0 Å². The normalized spacial score (nSPS) is 25.1. The number of carbonyl (C=O) groups excluding carboxylic acids is 1. The number of carbonyl (C=O) groups is 1. The number of β-amino-alcohol motifs (C(OH)–C–C–N with tert-alkyl or cyclic N) is 1. The molecule has 1 heterocycles. The highest BCUT2D eigenvalue weighted by molar-refractivity contribution is 5.94. The molecule has 1 aliphatic heterocycles. The molecule has 1 fully saturated rings. The fourth-order valence-electron chi connectivity index (χ4n) is 1.85. The molecule has 1 amide bonds. The van der Waals surface area contributed by atoms with Gasteiger partial charge in [-0.2, -0.15) is 0 Å². The molecule has 0 bridgehead atoms. The zero-order valence-electron chi connectivity index (χ0n) is 9.02. The van der Waals surface area contributed by atoms with Crippen molar-refractivity contribution in [3.05, 3.63) is 35.9 Å². The van der Waals surface area contributed by atoms with Crippen LogP contribution in [0.1, 0.15) is 16.8 Å². The highest BCUT2D eigenvalue weighted by atomic mass is 16.3. The maximum absolute atomic E-state index is 11.8. The number of hydrogen-bond donors (Lipinski definition) is 3. The van der Waals surface area contributed by atoms with Crippen LogP contribution >= 0.6 is 0 Å². The van der Waals surface area contributed by atoms with Gasteiger partial charge in [-0.1, -0.05) is 18.2 Å². The lowest BCUT2D eigenvalue weighted by atomic mass is 10.0. The zero-order valence-corrected chi connectivity index (χ0v) is 9.02. The third-order valence-corrected chi connectivity index (χ3v) is 2.80. The molecular weight excluding hydrogens is 204 g/mol. The lowest BCUT2D eigenvalue weighted by Crippen LogP contribution is -2.52. The lowest BCUT2D eigenvalue weighted by molar-refractivity contribution is 0.0765. The van der Waals surface area contributed by atoms with Crippen LogP contribution in [0.5, 0.6) is 0 Å². The van der Waals surface area contributed by atoms with Crippen LogP contribution in [-0.2, 0) is 0 Å². The van der Waals surface area contributed by atoms with Crippen molar-refractivity contribution in [3.63, 3.8) is 0 Å². The minimum absolute atomic E-state index is 0.119. The molecule has 1 aliphatic rings. The maximum Gasteiger partial charge on any atom is 0.251 e. The van der Waals surface area contributed by atoms with Gasteiger partial charge in [0, 0.05) is 12.1 Å². The van der Waals surface area contributed by atoms with E-state index in [0.717, 1.165) is 13.0 Å². The second kappa shape index (κ2) is 5.09. The summed E-state index contributed by atoms with van der Waals surface area (Å²) >= 11 is 0. The lowest BCUT2D eigenvalue weighted by Gasteiger charge is -2.29. The Morgan fingerprint density at radius 3 is 2.81 bits per heavy atom. The van der Waals surface area contributed by atoms with Crippen molar-refractivity contribution in [2.75, 3.05) is 13.1 Å². The number of amides is 1. The molecule has 16 heavy (non-hydrogen) atoms. The van der Waals surface area contributed by atoms with E-state index in [0.29, 0.717) is 12.1 Å². The van der Waals surface area contributed by atoms with Crippen LogP contribution < -0.4 is 10.6 Å². The van der Waals surface area contributed by atoms with Crippen LogP contribution in [0, 0.1) is 0 Å². The first-order valence-corrected chi connectivity index (χ1v) is 5.52. The largest absolute Gasteiger partial charge is 0.390 e. The molecule has 1 aromatic carbocycles. The predicted octanol–water partition coefficient (Wildman–Crippen LogP) is 0.139. The summed E-state index contributed by atoms with van der Waals surface area (Å²) in [6, 6.07) is 8.91. The van der Waals surface area contributed by atoms with Crippen molar-refractivity contribution in [2.45, 2.75) is 18.6 Å². The van der Waals surface area contributed by atoms with Gasteiger partial charge in [-0.3, -0.25) is 4.79 Å². The average molecular weight is 220 g/mol. The average Bonchev–Trinajstić information content (AvgIpc) is 2.33. The van der Waals surface area contributed by atoms with Crippen LogP contribution in [0.3, 0.4) is 0 Å². The first-order valence-electron chi connectivity index (χ1n) is 5.52. The Morgan fingerprint density at radius 2 is 2.12 bits per heavy atom. The molecule has 0 aromatic heterocycles. The van der Waals surface area contributed by atoms with Crippen molar-refractivity contribution in [1.82, 2.24) is 10.6 Å². The maximum atomic E-state index is 11.8. The van der Waals surface area contributed by atoms with Gasteiger partial charge in [0.2, 0.25) is 0 Å². The Bertz CT molecular complexity index is 353. The van der Waals surface area contributed by atoms with Crippen molar-refractivity contribution >= 4 is 5.91 Å². The van der Waals surface area contributed by atoms with Gasteiger partial charge in [0.15, 0.2) is 0 Å². The van der Waals surface area contributed by atoms with E-state index in [1.54, 1.807) is 12.1 Å². The van der Waals surface area contributed by atoms with Crippen LogP contribution in [0.25, 0.3) is 0 Å². The predicted molar refractivity (Wildman–Crippen MR) is 61.2 cm³/mol. The molecule has 0 spiro atoms. The van der Waals surface area contributed by atoms with Crippen LogP contribution in [0.4, 0.5) is 0 Å². The van der Waals surface area contributed by atoms with Crippen molar-refractivity contribution in [2.24, 2.45) is 0 Å². The van der Waals surface area contributed by atoms with Gasteiger partial charge in [-0.05, 0) is 25.1 Å². The van der Waals surface area contributed by atoms with Gasteiger partial charge in [-0.15, -0.1) is 0 Å². The summed E-state index contributed by atoms with van der Waals surface area (Å²) < 4.78 is 0. The number of hydrogen-bond acceptors (Lipinski definition) is 3. The van der Waals surface area contributed by atoms with E-state index >= 15 is 0 Å². The van der Waals surface area contributed by atoms with E-state index in [1.807, 2.05) is 18.2 Å². The van der Waals surface area contributed by atoms with Crippen LogP contribution in [0.2, 0.25) is 0 Å². The van der Waals surface area contributed by atoms with Gasteiger partial charge in [0.05, 0.1) is 12.1 Å². The molecule has 0 aliphatic carbocycles. The Hall–Kier alpha value is -1.39. The molecule has 0 radical (unpaired) electrons. The second-order valence-corrected chi connectivity index (χ2v) is 4.01. The molecule has 1 aromatic rings. The Morgan fingerprint density at radius 1 is 1.38 bits per heavy atom. The molecule has 2 rings (SSSR count). The van der Waals surface area contributed by atoms with Gasteiger partial charge in [0.1, 0.15) is 0 Å². The number of aliphatic hydroxyl groups is 1. The first kappa shape index (κ1) is 11.1. The first-order chi connectivity index (χ1) is 7.77. The Labute approximate surface area is 94.7 Å². The summed E-state index contributed by atoms with van der Waals surface area (Å²) in [5, 5.41) is 15.6. The van der Waals surface area contributed by atoms with E-state index in [1.165, 1.54) is 0 Å². The monoisotopic (exact) mass is 220 g/mol. The molecule has 4 heteroatoms. The number of rotatable bonds is 2.